The third-order valence-corrected chi connectivity index (χ3v) is 4.07. The van der Waals surface area contributed by atoms with Gasteiger partial charge in [-0.2, -0.15) is 15.1 Å². The molecule has 0 fully saturated rings. The van der Waals surface area contributed by atoms with Gasteiger partial charge in [0.25, 0.3) is 5.95 Å². The smallest absolute Gasteiger partial charge is 0.324 e. The topological polar surface area (TPSA) is 119 Å². The lowest BCUT2D eigenvalue weighted by molar-refractivity contribution is 0.340. The molecule has 0 saturated heterocycles. The number of hydrogen-bond acceptors (Lipinski definition) is 9. The summed E-state index contributed by atoms with van der Waals surface area (Å²) in [4.78, 5) is 15.9. The Labute approximate surface area is 175 Å². The van der Waals surface area contributed by atoms with E-state index in [-0.39, 0.29) is 23.8 Å². The molecule has 0 radical (unpaired) electrons. The van der Waals surface area contributed by atoms with Gasteiger partial charge in [0.05, 0.1) is 30.0 Å². The molecular formula is C17H14Cl2N8O2. The standard InChI is InChI=1S/C17H14Cl2N8O2/c1-28-16-21-15(22-17(23-16)29-2)27-26-14(10-5-7-20-8-6-10)25-24-11-3-4-12(18)13(19)9-11/h3-9,24H,1-2H3. The maximum Gasteiger partial charge on any atom is 0.324 e. The molecule has 0 aliphatic rings. The number of nitrogens with one attached hydrogen (secondary N) is 1. The Kier molecular flexibility index (Phi) is 6.82. The van der Waals surface area contributed by atoms with E-state index in [1.807, 2.05) is 0 Å². The van der Waals surface area contributed by atoms with E-state index in [0.717, 1.165) is 0 Å². The molecule has 0 aliphatic carbocycles. The van der Waals surface area contributed by atoms with Crippen molar-refractivity contribution in [2.24, 2.45) is 15.3 Å². The van der Waals surface area contributed by atoms with Crippen LogP contribution in [0.1, 0.15) is 5.56 Å². The van der Waals surface area contributed by atoms with Crippen LogP contribution < -0.4 is 14.9 Å². The van der Waals surface area contributed by atoms with Gasteiger partial charge in [0.15, 0.2) is 0 Å². The maximum absolute atomic E-state index is 6.03. The molecule has 0 spiro atoms. The normalized spacial score (nSPS) is 11.5. The molecular weight excluding hydrogens is 419 g/mol. The second-order valence-electron chi connectivity index (χ2n) is 5.22. The minimum absolute atomic E-state index is 0.00927. The first kappa shape index (κ1) is 20.4. The fourth-order valence-electron chi connectivity index (χ4n) is 1.98. The van der Waals surface area contributed by atoms with Crippen molar-refractivity contribution in [2.45, 2.75) is 0 Å². The van der Waals surface area contributed by atoms with E-state index in [1.165, 1.54) is 14.2 Å². The minimum Gasteiger partial charge on any atom is -0.467 e. The quantitative estimate of drug-likeness (QED) is 0.268. The molecule has 2 aromatic heterocycles. The van der Waals surface area contributed by atoms with E-state index < -0.39 is 0 Å². The summed E-state index contributed by atoms with van der Waals surface area (Å²) in [5.74, 6) is 0.238. The van der Waals surface area contributed by atoms with Crippen molar-refractivity contribution >= 4 is 40.7 Å². The first-order chi connectivity index (χ1) is 14.1. The number of azo groups is 1. The lowest BCUT2D eigenvalue weighted by Gasteiger charge is -2.05. The van der Waals surface area contributed by atoms with Gasteiger partial charge in [0.1, 0.15) is 0 Å². The van der Waals surface area contributed by atoms with Crippen LogP contribution >= 0.6 is 23.2 Å². The summed E-state index contributed by atoms with van der Waals surface area (Å²) in [6.45, 7) is 0. The Hall–Kier alpha value is -3.37. The summed E-state index contributed by atoms with van der Waals surface area (Å²) in [5.41, 5.74) is 4.13. The van der Waals surface area contributed by atoms with Gasteiger partial charge in [0, 0.05) is 18.0 Å². The van der Waals surface area contributed by atoms with Crippen LogP contribution in [-0.2, 0) is 0 Å². The molecule has 3 rings (SSSR count). The Morgan fingerprint density at radius 2 is 1.62 bits per heavy atom. The number of ether oxygens (including phenoxy) is 2. The Morgan fingerprint density at radius 1 is 0.931 bits per heavy atom. The number of halogens is 2. The van der Waals surface area contributed by atoms with Crippen molar-refractivity contribution in [1.29, 1.82) is 0 Å². The number of hydrazone groups is 1. The highest BCUT2D eigenvalue weighted by Crippen LogP contribution is 2.25. The van der Waals surface area contributed by atoms with Gasteiger partial charge >= 0.3 is 12.0 Å². The number of hydrogen-bond donors (Lipinski definition) is 1. The molecule has 12 heteroatoms. The number of nitrogens with zero attached hydrogens (tertiary/aromatic N) is 7. The van der Waals surface area contributed by atoms with Crippen molar-refractivity contribution in [3.05, 3.63) is 58.3 Å². The van der Waals surface area contributed by atoms with Crippen molar-refractivity contribution in [1.82, 2.24) is 19.9 Å². The Morgan fingerprint density at radius 3 is 2.24 bits per heavy atom. The van der Waals surface area contributed by atoms with Gasteiger partial charge in [-0.25, -0.2) is 0 Å². The minimum atomic E-state index is -0.00927. The maximum atomic E-state index is 6.03. The largest absolute Gasteiger partial charge is 0.467 e. The van der Waals surface area contributed by atoms with Crippen molar-refractivity contribution in [2.75, 3.05) is 19.6 Å². The molecule has 0 aliphatic heterocycles. The van der Waals surface area contributed by atoms with E-state index in [9.17, 15) is 0 Å². The highest BCUT2D eigenvalue weighted by atomic mass is 35.5. The van der Waals surface area contributed by atoms with Crippen LogP contribution in [0, 0.1) is 0 Å². The van der Waals surface area contributed by atoms with E-state index in [4.69, 9.17) is 32.7 Å². The monoisotopic (exact) mass is 432 g/mol. The summed E-state index contributed by atoms with van der Waals surface area (Å²) in [7, 11) is 2.83. The first-order valence-corrected chi connectivity index (χ1v) is 8.79. The number of aromatic nitrogens is 4. The summed E-state index contributed by atoms with van der Waals surface area (Å²) >= 11 is 12.0. The van der Waals surface area contributed by atoms with Crippen LogP contribution in [0.15, 0.2) is 58.1 Å². The van der Waals surface area contributed by atoms with E-state index in [1.54, 1.807) is 42.7 Å². The van der Waals surface area contributed by atoms with Gasteiger partial charge in [0.2, 0.25) is 5.84 Å². The van der Waals surface area contributed by atoms with Gasteiger partial charge in [-0.15, -0.1) is 15.2 Å². The van der Waals surface area contributed by atoms with Crippen LogP contribution in [0.4, 0.5) is 11.6 Å². The molecule has 29 heavy (non-hydrogen) atoms. The molecule has 1 N–H and O–H groups in total. The summed E-state index contributed by atoms with van der Waals surface area (Å²) in [5, 5.41) is 13.2. The zero-order valence-corrected chi connectivity index (χ0v) is 16.8. The molecule has 0 saturated carbocycles. The molecule has 0 amide bonds. The highest BCUT2D eigenvalue weighted by Gasteiger charge is 2.08. The van der Waals surface area contributed by atoms with Crippen LogP contribution in [0.5, 0.6) is 12.0 Å². The van der Waals surface area contributed by atoms with Gasteiger partial charge in [-0.05, 0) is 30.3 Å². The fraction of sp³-hybridized carbons (Fsp3) is 0.118. The van der Waals surface area contributed by atoms with Crippen LogP contribution in [0.3, 0.4) is 0 Å². The van der Waals surface area contributed by atoms with E-state index >= 15 is 0 Å². The average molecular weight is 433 g/mol. The van der Waals surface area contributed by atoms with Crippen LogP contribution in [-0.4, -0.2) is 40.0 Å². The number of rotatable bonds is 6. The Bertz CT molecular complexity index is 1020. The SMILES string of the molecule is COc1nc(N=NC(=NNc2ccc(Cl)c(Cl)c2)c2ccncc2)nc(OC)n1. The second-order valence-corrected chi connectivity index (χ2v) is 6.04. The predicted molar refractivity (Wildman–Crippen MR) is 108 cm³/mol. The number of pyridine rings is 1. The summed E-state index contributed by atoms with van der Waals surface area (Å²) in [6, 6.07) is 8.55. The fourth-order valence-corrected chi connectivity index (χ4v) is 2.27. The molecule has 0 unspecified atom stereocenters. The van der Waals surface area contributed by atoms with Gasteiger partial charge in [-0.3, -0.25) is 10.4 Å². The number of amidine groups is 1. The molecule has 10 nitrogen and oxygen atoms in total. The van der Waals surface area contributed by atoms with E-state index in [0.29, 0.717) is 21.3 Å². The third-order valence-electron chi connectivity index (χ3n) is 3.33. The van der Waals surface area contributed by atoms with Crippen molar-refractivity contribution in [3.8, 4) is 12.0 Å². The number of benzene rings is 1. The molecule has 148 valence electrons. The lowest BCUT2D eigenvalue weighted by Crippen LogP contribution is -2.02. The molecule has 1 aromatic carbocycles. The molecule has 0 atom stereocenters. The van der Waals surface area contributed by atoms with Crippen LogP contribution in [0.25, 0.3) is 0 Å². The van der Waals surface area contributed by atoms with Crippen molar-refractivity contribution in [3.63, 3.8) is 0 Å². The predicted octanol–water partition coefficient (Wildman–Crippen LogP) is 4.15. The zero-order valence-electron chi connectivity index (χ0n) is 15.2. The van der Waals surface area contributed by atoms with E-state index in [2.05, 4.69) is 40.7 Å². The molecule has 0 bridgehead atoms. The summed E-state index contributed by atoms with van der Waals surface area (Å²) < 4.78 is 9.99. The first-order valence-electron chi connectivity index (χ1n) is 8.04. The lowest BCUT2D eigenvalue weighted by atomic mass is 10.2. The highest BCUT2D eigenvalue weighted by molar-refractivity contribution is 6.42. The summed E-state index contributed by atoms with van der Waals surface area (Å²) in [6.07, 6.45) is 3.21. The van der Waals surface area contributed by atoms with Crippen LogP contribution in [0.2, 0.25) is 10.0 Å². The number of methoxy groups -OCH3 is 2. The second kappa shape index (κ2) is 9.71. The third kappa shape index (κ3) is 5.56. The van der Waals surface area contributed by atoms with Gasteiger partial charge < -0.3 is 9.47 Å². The van der Waals surface area contributed by atoms with Crippen molar-refractivity contribution < 1.29 is 9.47 Å². The molecule has 2 heterocycles. The number of anilines is 1. The zero-order chi connectivity index (χ0) is 20.6. The Balaban J connectivity index is 1.92. The molecule has 3 aromatic rings. The van der Waals surface area contributed by atoms with Gasteiger partial charge in [-0.1, -0.05) is 23.2 Å². The average Bonchev–Trinajstić information content (AvgIpc) is 2.76.